The summed E-state index contributed by atoms with van der Waals surface area (Å²) >= 11 is 0. The molecule has 0 bridgehead atoms. The molecule has 1 spiro atoms. The first kappa shape index (κ1) is 20.9. The molecular formula is C24H34N4O2. The first-order valence-electron chi connectivity index (χ1n) is 11.3. The fraction of sp³-hybridized carbons (Fsp3) is 0.625. The topological polar surface area (TPSA) is 60.1 Å². The van der Waals surface area contributed by atoms with E-state index in [0.29, 0.717) is 6.54 Å². The second kappa shape index (κ2) is 8.05. The highest BCUT2D eigenvalue weighted by atomic mass is 16.2. The van der Waals surface area contributed by atoms with E-state index in [1.807, 2.05) is 48.7 Å². The predicted octanol–water partition coefficient (Wildman–Crippen LogP) is 3.47. The standard InChI is InChI=1S/C24H34N4O2/c1-4-23(2,3)21(29)26-15-12-24(13-16-26)11-10-20-25-28(22(30)27(20)17-14-24)18-19-8-6-5-7-9-19/h5-9H,4,10-18H2,1-3H3. The summed E-state index contributed by atoms with van der Waals surface area (Å²) in [6.45, 7) is 9.11. The van der Waals surface area contributed by atoms with Gasteiger partial charge in [0.05, 0.1) is 6.54 Å². The number of aromatic nitrogens is 3. The van der Waals surface area contributed by atoms with Gasteiger partial charge in [0.25, 0.3) is 0 Å². The minimum atomic E-state index is -0.278. The van der Waals surface area contributed by atoms with E-state index in [1.54, 1.807) is 4.68 Å². The van der Waals surface area contributed by atoms with Crippen LogP contribution in [0.5, 0.6) is 0 Å². The molecule has 0 N–H and O–H groups in total. The molecule has 0 atom stereocenters. The van der Waals surface area contributed by atoms with E-state index in [9.17, 15) is 9.59 Å². The van der Waals surface area contributed by atoms with E-state index in [2.05, 4.69) is 16.9 Å². The first-order chi connectivity index (χ1) is 14.3. The SMILES string of the molecule is CCC(C)(C)C(=O)N1CCC2(CCc3nn(Cc4ccccc4)c(=O)n3CC2)CC1. The van der Waals surface area contributed by atoms with Gasteiger partial charge in [0.2, 0.25) is 5.91 Å². The summed E-state index contributed by atoms with van der Waals surface area (Å²) in [6.07, 6.45) is 5.81. The highest BCUT2D eigenvalue weighted by molar-refractivity contribution is 5.82. The van der Waals surface area contributed by atoms with E-state index in [0.717, 1.165) is 69.5 Å². The minimum Gasteiger partial charge on any atom is -0.342 e. The molecule has 6 nitrogen and oxygen atoms in total. The molecule has 0 unspecified atom stereocenters. The van der Waals surface area contributed by atoms with Gasteiger partial charge in [0, 0.05) is 31.5 Å². The van der Waals surface area contributed by atoms with Crippen LogP contribution in [0.25, 0.3) is 0 Å². The van der Waals surface area contributed by atoms with Crippen molar-refractivity contribution in [2.45, 2.75) is 72.4 Å². The molecule has 2 aliphatic rings. The summed E-state index contributed by atoms with van der Waals surface area (Å²) in [5, 5.41) is 4.67. The fourth-order valence-electron chi connectivity index (χ4n) is 4.87. The molecule has 30 heavy (non-hydrogen) atoms. The van der Waals surface area contributed by atoms with Crippen molar-refractivity contribution in [3.63, 3.8) is 0 Å². The maximum Gasteiger partial charge on any atom is 0.346 e. The number of aryl methyl sites for hydroxylation is 1. The van der Waals surface area contributed by atoms with E-state index in [1.165, 1.54) is 0 Å². The number of amides is 1. The number of carbonyl (C=O) groups excluding carboxylic acids is 1. The van der Waals surface area contributed by atoms with E-state index in [4.69, 9.17) is 0 Å². The van der Waals surface area contributed by atoms with Gasteiger partial charge in [0.1, 0.15) is 5.82 Å². The van der Waals surface area contributed by atoms with Crippen LogP contribution in [0.2, 0.25) is 0 Å². The average molecular weight is 411 g/mol. The van der Waals surface area contributed by atoms with Crippen LogP contribution in [0.15, 0.2) is 35.1 Å². The van der Waals surface area contributed by atoms with Gasteiger partial charge in [0.15, 0.2) is 0 Å². The molecule has 0 radical (unpaired) electrons. The molecule has 1 fully saturated rings. The lowest BCUT2D eigenvalue weighted by Gasteiger charge is -2.43. The third-order valence-corrected chi connectivity index (χ3v) is 7.49. The molecule has 1 saturated heterocycles. The van der Waals surface area contributed by atoms with Gasteiger partial charge in [-0.2, -0.15) is 5.10 Å². The van der Waals surface area contributed by atoms with Crippen LogP contribution in [0, 0.1) is 10.8 Å². The highest BCUT2D eigenvalue weighted by Crippen LogP contribution is 2.42. The summed E-state index contributed by atoms with van der Waals surface area (Å²) in [5.74, 6) is 1.20. The molecule has 1 aromatic carbocycles. The molecule has 2 aliphatic heterocycles. The summed E-state index contributed by atoms with van der Waals surface area (Å²) in [6, 6.07) is 10.0. The fourth-order valence-corrected chi connectivity index (χ4v) is 4.87. The summed E-state index contributed by atoms with van der Waals surface area (Å²) in [4.78, 5) is 27.8. The first-order valence-corrected chi connectivity index (χ1v) is 11.3. The second-order valence-corrected chi connectivity index (χ2v) is 9.77. The summed E-state index contributed by atoms with van der Waals surface area (Å²) in [7, 11) is 0. The normalized spacial score (nSPS) is 18.8. The number of hydrogen-bond donors (Lipinski definition) is 0. The molecule has 0 saturated carbocycles. The lowest BCUT2D eigenvalue weighted by molar-refractivity contribution is -0.143. The molecule has 1 aromatic heterocycles. The Balaban J connectivity index is 1.42. The number of fused-ring (bicyclic) bond motifs is 1. The molecule has 2 aromatic rings. The van der Waals surface area contributed by atoms with Crippen molar-refractivity contribution in [1.82, 2.24) is 19.2 Å². The summed E-state index contributed by atoms with van der Waals surface area (Å²) in [5.41, 5.74) is 1.05. The van der Waals surface area contributed by atoms with Crippen molar-refractivity contribution in [2.24, 2.45) is 10.8 Å². The molecule has 3 heterocycles. The van der Waals surface area contributed by atoms with E-state index < -0.39 is 0 Å². The molecular weight excluding hydrogens is 376 g/mol. The van der Waals surface area contributed by atoms with Gasteiger partial charge in [-0.1, -0.05) is 51.1 Å². The lowest BCUT2D eigenvalue weighted by Crippen LogP contribution is -2.48. The van der Waals surface area contributed by atoms with Gasteiger partial charge >= 0.3 is 5.69 Å². The van der Waals surface area contributed by atoms with Crippen molar-refractivity contribution in [2.75, 3.05) is 13.1 Å². The minimum absolute atomic E-state index is 0.00297. The molecule has 4 rings (SSSR count). The van der Waals surface area contributed by atoms with Crippen LogP contribution < -0.4 is 5.69 Å². The van der Waals surface area contributed by atoms with Crippen LogP contribution in [-0.2, 0) is 24.3 Å². The maximum absolute atomic E-state index is 12.9. The Morgan fingerprint density at radius 2 is 1.73 bits per heavy atom. The molecule has 1 amide bonds. The number of piperidine rings is 1. The van der Waals surface area contributed by atoms with Crippen molar-refractivity contribution >= 4 is 5.91 Å². The largest absolute Gasteiger partial charge is 0.346 e. The molecule has 6 heteroatoms. The van der Waals surface area contributed by atoms with E-state index >= 15 is 0 Å². The average Bonchev–Trinajstić information content (AvgIpc) is 2.94. The number of rotatable bonds is 4. The maximum atomic E-state index is 12.9. The third kappa shape index (κ3) is 3.96. The Bertz CT molecular complexity index is 949. The second-order valence-electron chi connectivity index (χ2n) is 9.77. The van der Waals surface area contributed by atoms with Crippen molar-refractivity contribution in [3.8, 4) is 0 Å². The van der Waals surface area contributed by atoms with Crippen LogP contribution >= 0.6 is 0 Å². The van der Waals surface area contributed by atoms with Crippen LogP contribution in [0.1, 0.15) is 64.3 Å². The quantitative estimate of drug-likeness (QED) is 0.775. The van der Waals surface area contributed by atoms with Crippen LogP contribution in [0.4, 0.5) is 0 Å². The lowest BCUT2D eigenvalue weighted by atomic mass is 9.72. The third-order valence-electron chi connectivity index (χ3n) is 7.49. The van der Waals surface area contributed by atoms with Crippen molar-refractivity contribution < 1.29 is 4.79 Å². The number of benzene rings is 1. The van der Waals surface area contributed by atoms with Gasteiger partial charge in [-0.3, -0.25) is 9.36 Å². The Morgan fingerprint density at radius 3 is 2.40 bits per heavy atom. The van der Waals surface area contributed by atoms with Gasteiger partial charge in [-0.15, -0.1) is 0 Å². The Labute approximate surface area is 178 Å². The van der Waals surface area contributed by atoms with Crippen molar-refractivity contribution in [1.29, 1.82) is 0 Å². The predicted molar refractivity (Wildman–Crippen MR) is 117 cm³/mol. The van der Waals surface area contributed by atoms with Gasteiger partial charge in [-0.25, -0.2) is 9.48 Å². The Morgan fingerprint density at radius 1 is 1.07 bits per heavy atom. The van der Waals surface area contributed by atoms with Crippen molar-refractivity contribution in [3.05, 3.63) is 52.2 Å². The van der Waals surface area contributed by atoms with Gasteiger partial charge < -0.3 is 4.90 Å². The van der Waals surface area contributed by atoms with Gasteiger partial charge in [-0.05, 0) is 43.1 Å². The zero-order valence-electron chi connectivity index (χ0n) is 18.6. The Kier molecular flexibility index (Phi) is 5.60. The number of likely N-dealkylation sites (tertiary alicyclic amines) is 1. The van der Waals surface area contributed by atoms with Crippen LogP contribution in [0.3, 0.4) is 0 Å². The number of hydrogen-bond acceptors (Lipinski definition) is 3. The van der Waals surface area contributed by atoms with E-state index in [-0.39, 0.29) is 22.4 Å². The zero-order chi connectivity index (χ0) is 21.4. The summed E-state index contributed by atoms with van der Waals surface area (Å²) < 4.78 is 3.49. The zero-order valence-corrected chi connectivity index (χ0v) is 18.6. The van der Waals surface area contributed by atoms with Crippen LogP contribution in [-0.4, -0.2) is 38.2 Å². The smallest absolute Gasteiger partial charge is 0.342 e. The highest BCUT2D eigenvalue weighted by Gasteiger charge is 2.40. The number of carbonyl (C=O) groups is 1. The molecule has 0 aliphatic carbocycles. The molecule has 162 valence electrons. The Hall–Kier alpha value is -2.37. The number of nitrogens with zero attached hydrogens (tertiary/aromatic N) is 4. The monoisotopic (exact) mass is 410 g/mol.